The molecule has 5 atom stereocenters. The number of hydrogen-bond donors (Lipinski definition) is 12. The van der Waals surface area contributed by atoms with Gasteiger partial charge in [0.2, 0.25) is 17.7 Å². The lowest BCUT2D eigenvalue weighted by Gasteiger charge is -2.25. The zero-order valence-electron chi connectivity index (χ0n) is 27.6. The van der Waals surface area contributed by atoms with Crippen molar-refractivity contribution in [1.29, 1.82) is 0 Å². The fourth-order valence-electron chi connectivity index (χ4n) is 4.65. The Bertz CT molecular complexity index is 1410. The van der Waals surface area contributed by atoms with E-state index in [4.69, 9.17) is 40.3 Å². The van der Waals surface area contributed by atoms with Gasteiger partial charge in [0.15, 0.2) is 6.17 Å². The maximum Gasteiger partial charge on any atom is 0.490 e. The minimum Gasteiger partial charge on any atom is -0.425 e. The monoisotopic (exact) mass is 718 g/mol. The van der Waals surface area contributed by atoms with Crippen LogP contribution in [-0.2, 0) is 19.2 Å². The van der Waals surface area contributed by atoms with Gasteiger partial charge >= 0.3 is 7.12 Å². The molecule has 274 valence electrons. The van der Waals surface area contributed by atoms with Crippen molar-refractivity contribution in [3.05, 3.63) is 59.1 Å². The van der Waals surface area contributed by atoms with E-state index in [0.717, 1.165) is 11.1 Å². The van der Waals surface area contributed by atoms with Crippen molar-refractivity contribution < 1.29 is 34.0 Å². The van der Waals surface area contributed by atoms with Crippen molar-refractivity contribution in [3.63, 3.8) is 0 Å². The van der Waals surface area contributed by atoms with Gasteiger partial charge in [0.1, 0.15) is 24.2 Å². The Morgan fingerprint density at radius 2 is 1.08 bits per heavy atom. The van der Waals surface area contributed by atoms with Gasteiger partial charge in [-0.25, -0.2) is 0 Å². The summed E-state index contributed by atoms with van der Waals surface area (Å²) in [5.41, 5.74) is 30.4. The summed E-state index contributed by atoms with van der Waals surface area (Å²) in [6.45, 7) is 0.369. The lowest BCUT2D eigenvalue weighted by atomic mass is 9.86. The van der Waals surface area contributed by atoms with Crippen molar-refractivity contribution in [2.24, 2.45) is 28.7 Å². The summed E-state index contributed by atoms with van der Waals surface area (Å²) in [6.07, 6.45) is 0.486. The fourth-order valence-corrected chi connectivity index (χ4v) is 4.77. The van der Waals surface area contributed by atoms with E-state index >= 15 is 0 Å². The number of nitrogens with one attached hydrogen (secondary N) is 5. The molecule has 5 amide bonds. The van der Waals surface area contributed by atoms with Crippen molar-refractivity contribution >= 4 is 48.3 Å². The summed E-state index contributed by atoms with van der Waals surface area (Å²) in [6, 6.07) is 8.76. The van der Waals surface area contributed by atoms with Crippen LogP contribution in [-0.4, -0.2) is 96.7 Å². The third-order valence-corrected chi connectivity index (χ3v) is 7.80. The summed E-state index contributed by atoms with van der Waals surface area (Å²) >= 11 is 5.96. The minimum absolute atomic E-state index is 0.111. The molecule has 0 aliphatic rings. The summed E-state index contributed by atoms with van der Waals surface area (Å²) in [5, 5.41) is 31.0. The van der Waals surface area contributed by atoms with Crippen molar-refractivity contribution in [3.8, 4) is 11.1 Å². The van der Waals surface area contributed by atoms with Crippen LogP contribution in [0.1, 0.15) is 48.9 Å². The highest BCUT2D eigenvalue weighted by Crippen LogP contribution is 2.22. The molecule has 0 unspecified atom stereocenters. The van der Waals surface area contributed by atoms with E-state index in [9.17, 15) is 34.0 Å². The highest BCUT2D eigenvalue weighted by molar-refractivity contribution is 6.43. The lowest BCUT2D eigenvalue weighted by molar-refractivity contribution is -0.134. The zero-order chi connectivity index (χ0) is 37.2. The number of nitrogens with two attached hydrogens (primary N) is 5. The Kier molecular flexibility index (Phi) is 18.4. The Morgan fingerprint density at radius 3 is 1.56 bits per heavy atom. The molecule has 0 heterocycles. The van der Waals surface area contributed by atoms with E-state index < -0.39 is 67.0 Å². The van der Waals surface area contributed by atoms with E-state index in [1.54, 1.807) is 36.4 Å². The third kappa shape index (κ3) is 14.0. The first-order valence-corrected chi connectivity index (χ1v) is 16.5. The van der Waals surface area contributed by atoms with E-state index in [2.05, 4.69) is 26.6 Å². The second-order valence-electron chi connectivity index (χ2n) is 11.5. The van der Waals surface area contributed by atoms with Crippen molar-refractivity contribution in [1.82, 2.24) is 26.6 Å². The molecule has 17 nitrogen and oxygen atoms in total. The summed E-state index contributed by atoms with van der Waals surface area (Å²) < 4.78 is 0. The topological polar surface area (TPSA) is 316 Å². The molecule has 19 heteroatoms. The maximum absolute atomic E-state index is 13.3. The van der Waals surface area contributed by atoms with Gasteiger partial charge in [0.25, 0.3) is 11.8 Å². The quantitative estimate of drug-likeness (QED) is 0.0352. The number of hydrogen-bond acceptors (Lipinski definition) is 12. The molecule has 0 radical (unpaired) electrons. The van der Waals surface area contributed by atoms with Crippen LogP contribution in [0.3, 0.4) is 0 Å². The fraction of sp³-hybridized carbons (Fsp3) is 0.452. The molecule has 0 bridgehead atoms. The molecule has 0 aliphatic heterocycles. The Balaban J connectivity index is 2.08. The number of carbonyl (C=O) groups is 5. The highest BCUT2D eigenvalue weighted by Gasteiger charge is 2.31. The zero-order valence-corrected chi connectivity index (χ0v) is 28.4. The second kappa shape index (κ2) is 21.8. The SMILES string of the molecule is NCCCC[C@H](NC(=O)[C@H](N)NC(=O)[C@H](CCCCN)NC(=O)[C@H](CN)NC(=O)c1ccc(-c2ccc(Cl)cc2)cc1)C(=O)N[C@@H](N)B(O)O. The molecule has 0 aliphatic carbocycles. The van der Waals surface area contributed by atoms with Crippen LogP contribution in [0, 0.1) is 0 Å². The summed E-state index contributed by atoms with van der Waals surface area (Å²) in [4.78, 5) is 65.0. The number of benzene rings is 2. The minimum atomic E-state index is -2.05. The standard InChI is InChI=1S/C31H48BClN10O7/c33-21-13-11-19(12-14-21)18-7-9-20(10-8-18)26(44)41-24(17-36)29(47)39-22(5-1-3-15-34)27(45)42-25(37)30(48)40-23(6-2-4-16-35)28(46)43-31(38)32(49)50/h7-14,22-25,31,49-50H,1-6,15-17,34-38H2,(H,39,47)(H,40,48)(H,41,44)(H,42,45)(H,43,46)/t22-,23-,24-,25+,31+/m0/s1. The average Bonchev–Trinajstić information content (AvgIpc) is 3.09. The molecule has 2 rings (SSSR count). The number of amides is 5. The first-order chi connectivity index (χ1) is 23.8. The molecular formula is C31H48BClN10O7. The molecule has 0 fully saturated rings. The normalized spacial score (nSPS) is 13.9. The molecule has 0 spiro atoms. The number of unbranched alkanes of at least 4 members (excludes halogenated alkanes) is 2. The van der Waals surface area contributed by atoms with E-state index in [1.807, 2.05) is 12.1 Å². The molecule has 50 heavy (non-hydrogen) atoms. The van der Waals surface area contributed by atoms with Crippen molar-refractivity contribution in [2.45, 2.75) is 68.9 Å². The van der Waals surface area contributed by atoms with Gasteiger partial charge < -0.3 is 65.3 Å². The van der Waals surface area contributed by atoms with Gasteiger partial charge in [-0.05, 0) is 87.0 Å². The van der Waals surface area contributed by atoms with Gasteiger partial charge in [-0.15, -0.1) is 0 Å². The first kappa shape index (κ1) is 42.0. The lowest BCUT2D eigenvalue weighted by Crippen LogP contribution is -2.62. The average molecular weight is 719 g/mol. The Hall–Kier alpha value is -4.14. The molecule has 0 saturated heterocycles. The van der Waals surface area contributed by atoms with Gasteiger partial charge in [0, 0.05) is 17.1 Å². The van der Waals surface area contributed by atoms with E-state index in [0.29, 0.717) is 43.8 Å². The molecule has 0 aromatic heterocycles. The van der Waals surface area contributed by atoms with Crippen LogP contribution >= 0.6 is 11.6 Å². The van der Waals surface area contributed by atoms with Crippen molar-refractivity contribution in [2.75, 3.05) is 19.6 Å². The van der Waals surface area contributed by atoms with Gasteiger partial charge in [-0.3, -0.25) is 24.0 Å². The Labute approximate surface area is 295 Å². The van der Waals surface area contributed by atoms with Crippen LogP contribution in [0.2, 0.25) is 5.02 Å². The van der Waals surface area contributed by atoms with Gasteiger partial charge in [-0.1, -0.05) is 35.9 Å². The number of rotatable bonds is 21. The number of carbonyl (C=O) groups excluding carboxylic acids is 5. The maximum atomic E-state index is 13.3. The Morgan fingerprint density at radius 1 is 0.620 bits per heavy atom. The summed E-state index contributed by atoms with van der Waals surface area (Å²) in [7, 11) is -2.05. The molecule has 17 N–H and O–H groups in total. The molecule has 0 saturated carbocycles. The second-order valence-corrected chi connectivity index (χ2v) is 11.9. The smallest absolute Gasteiger partial charge is 0.425 e. The van der Waals surface area contributed by atoms with Crippen LogP contribution in [0.4, 0.5) is 0 Å². The van der Waals surface area contributed by atoms with Crippen LogP contribution in [0.5, 0.6) is 0 Å². The first-order valence-electron chi connectivity index (χ1n) is 16.2. The third-order valence-electron chi connectivity index (χ3n) is 7.55. The molecule has 2 aromatic carbocycles. The van der Waals surface area contributed by atoms with E-state index in [-0.39, 0.29) is 24.9 Å². The number of halogens is 1. The molecule has 2 aromatic rings. The molecular weight excluding hydrogens is 671 g/mol. The summed E-state index contributed by atoms with van der Waals surface area (Å²) in [5.74, 6) is -3.88. The van der Waals surface area contributed by atoms with E-state index in [1.165, 1.54) is 0 Å². The van der Waals surface area contributed by atoms with Gasteiger partial charge in [0.05, 0.1) is 0 Å². The van der Waals surface area contributed by atoms with Crippen LogP contribution in [0.25, 0.3) is 11.1 Å². The largest absolute Gasteiger partial charge is 0.490 e. The van der Waals surface area contributed by atoms with Crippen LogP contribution in [0.15, 0.2) is 48.5 Å². The van der Waals surface area contributed by atoms with Gasteiger partial charge in [-0.2, -0.15) is 0 Å². The van der Waals surface area contributed by atoms with Crippen LogP contribution < -0.4 is 55.3 Å². The predicted molar refractivity (Wildman–Crippen MR) is 189 cm³/mol. The predicted octanol–water partition coefficient (Wildman–Crippen LogP) is -2.89. The highest BCUT2D eigenvalue weighted by atomic mass is 35.5.